The zero-order chi connectivity index (χ0) is 23.9. The summed E-state index contributed by atoms with van der Waals surface area (Å²) in [6.45, 7) is 2.28. The maximum absolute atomic E-state index is 14.4. The van der Waals surface area contributed by atoms with Gasteiger partial charge in [-0.3, -0.25) is 14.7 Å². The van der Waals surface area contributed by atoms with Crippen LogP contribution in [0.2, 0.25) is 5.02 Å². The Kier molecular flexibility index (Phi) is 5.47. The van der Waals surface area contributed by atoms with Crippen LogP contribution in [0.3, 0.4) is 0 Å². The molecule has 1 aliphatic rings. The first-order valence-electron chi connectivity index (χ1n) is 11.2. The number of carbonyl (C=O) groups excluding carboxylic acids is 1. The summed E-state index contributed by atoms with van der Waals surface area (Å²) in [5.74, 6) is 0.766. The van der Waals surface area contributed by atoms with Gasteiger partial charge in [0.1, 0.15) is 11.5 Å². The highest BCUT2D eigenvalue weighted by Crippen LogP contribution is 2.46. The van der Waals surface area contributed by atoms with Crippen molar-refractivity contribution < 1.29 is 9.53 Å². The van der Waals surface area contributed by atoms with Crippen LogP contribution in [0.5, 0.6) is 11.5 Å². The van der Waals surface area contributed by atoms with Crippen molar-refractivity contribution >= 4 is 44.2 Å². The number of halogens is 1. The maximum atomic E-state index is 14.4. The van der Waals surface area contributed by atoms with Crippen molar-refractivity contribution in [1.29, 1.82) is 0 Å². The van der Waals surface area contributed by atoms with E-state index in [1.165, 1.54) is 11.3 Å². The van der Waals surface area contributed by atoms with E-state index in [9.17, 15) is 4.79 Å². The molecule has 7 heteroatoms. The Morgan fingerprint density at radius 2 is 1.69 bits per heavy atom. The molecule has 1 aliphatic heterocycles. The van der Waals surface area contributed by atoms with Crippen molar-refractivity contribution in [2.75, 3.05) is 4.90 Å². The van der Waals surface area contributed by atoms with Gasteiger partial charge in [-0.25, -0.2) is 4.98 Å². The number of ether oxygens (including phenoxy) is 1. The third kappa shape index (κ3) is 3.95. The molecule has 3 aromatic carbocycles. The normalized spacial score (nSPS) is 12.6. The Morgan fingerprint density at radius 1 is 1.00 bits per heavy atom. The molecule has 35 heavy (non-hydrogen) atoms. The monoisotopic (exact) mass is 497 g/mol. The number of benzene rings is 3. The summed E-state index contributed by atoms with van der Waals surface area (Å²) in [6, 6.07) is 24.9. The largest absolute Gasteiger partial charge is 0.457 e. The molecular weight excluding hydrogens is 478 g/mol. The van der Waals surface area contributed by atoms with E-state index in [1.807, 2.05) is 85.8 Å². The number of pyridine rings is 1. The molecule has 0 bridgehead atoms. The van der Waals surface area contributed by atoms with E-state index in [1.54, 1.807) is 11.1 Å². The zero-order valence-electron chi connectivity index (χ0n) is 18.8. The number of aryl methyl sites for hydroxylation is 1. The third-order valence-electron chi connectivity index (χ3n) is 6.11. The molecule has 5 aromatic rings. The fourth-order valence-corrected chi connectivity index (χ4v) is 5.91. The molecule has 0 spiro atoms. The van der Waals surface area contributed by atoms with Crippen LogP contribution >= 0.6 is 22.9 Å². The Labute approximate surface area is 211 Å². The number of nitrogens with zero attached hydrogens (tertiary/aromatic N) is 3. The zero-order valence-corrected chi connectivity index (χ0v) is 20.4. The Bertz CT molecular complexity index is 1520. The SMILES string of the molecule is Cc1cc(Cl)cc2sc(N(Cc3ccccn3)C(=O)C3c4ccccc4Oc4ccccc43)nc12. The summed E-state index contributed by atoms with van der Waals surface area (Å²) in [5.41, 5.74) is 4.27. The topological polar surface area (TPSA) is 55.3 Å². The van der Waals surface area contributed by atoms with Crippen molar-refractivity contribution in [3.63, 3.8) is 0 Å². The van der Waals surface area contributed by atoms with Gasteiger partial charge >= 0.3 is 0 Å². The number of amides is 1. The third-order valence-corrected chi connectivity index (χ3v) is 7.35. The highest BCUT2D eigenvalue weighted by atomic mass is 35.5. The smallest absolute Gasteiger partial charge is 0.241 e. The lowest BCUT2D eigenvalue weighted by Gasteiger charge is -2.31. The highest BCUT2D eigenvalue weighted by molar-refractivity contribution is 7.22. The minimum Gasteiger partial charge on any atom is -0.457 e. The molecular formula is C28H20ClN3O2S. The van der Waals surface area contributed by atoms with Crippen molar-refractivity contribution in [2.45, 2.75) is 19.4 Å². The van der Waals surface area contributed by atoms with E-state index in [-0.39, 0.29) is 5.91 Å². The van der Waals surface area contributed by atoms with Crippen molar-refractivity contribution in [3.05, 3.63) is 112 Å². The van der Waals surface area contributed by atoms with E-state index >= 15 is 0 Å². The first-order chi connectivity index (χ1) is 17.1. The Morgan fingerprint density at radius 3 is 2.37 bits per heavy atom. The van der Waals surface area contributed by atoms with E-state index in [0.29, 0.717) is 28.2 Å². The highest BCUT2D eigenvalue weighted by Gasteiger charge is 2.36. The van der Waals surface area contributed by atoms with Gasteiger partial charge in [0.2, 0.25) is 5.91 Å². The van der Waals surface area contributed by atoms with Gasteiger partial charge in [-0.1, -0.05) is 65.4 Å². The van der Waals surface area contributed by atoms with E-state index < -0.39 is 5.92 Å². The van der Waals surface area contributed by atoms with Gasteiger partial charge in [-0.05, 0) is 48.9 Å². The van der Waals surface area contributed by atoms with Crippen molar-refractivity contribution in [1.82, 2.24) is 9.97 Å². The number of hydrogen-bond acceptors (Lipinski definition) is 5. The lowest BCUT2D eigenvalue weighted by Crippen LogP contribution is -2.36. The predicted octanol–water partition coefficient (Wildman–Crippen LogP) is 7.12. The Hall–Kier alpha value is -3.74. The van der Waals surface area contributed by atoms with Crippen LogP contribution in [0.1, 0.15) is 28.3 Å². The number of thiazole rings is 1. The summed E-state index contributed by atoms with van der Waals surface area (Å²) >= 11 is 7.77. The number of hydrogen-bond donors (Lipinski definition) is 0. The van der Waals surface area contributed by atoms with Crippen LogP contribution in [0.4, 0.5) is 5.13 Å². The average Bonchev–Trinajstić information content (AvgIpc) is 3.30. The molecule has 172 valence electrons. The second-order valence-corrected chi connectivity index (χ2v) is 9.87. The summed E-state index contributed by atoms with van der Waals surface area (Å²) in [5, 5.41) is 1.27. The maximum Gasteiger partial charge on any atom is 0.241 e. The molecule has 6 rings (SSSR count). The molecule has 0 unspecified atom stereocenters. The summed E-state index contributed by atoms with van der Waals surface area (Å²) in [7, 11) is 0. The number of para-hydroxylation sites is 2. The number of rotatable bonds is 4. The fraction of sp³-hybridized carbons (Fsp3) is 0.107. The molecule has 0 atom stereocenters. The van der Waals surface area contributed by atoms with Gasteiger partial charge < -0.3 is 4.74 Å². The van der Waals surface area contributed by atoms with E-state index in [4.69, 9.17) is 21.3 Å². The quantitative estimate of drug-likeness (QED) is 0.265. The molecule has 0 N–H and O–H groups in total. The Balaban J connectivity index is 1.51. The van der Waals surface area contributed by atoms with Crippen molar-refractivity contribution in [3.8, 4) is 11.5 Å². The van der Waals surface area contributed by atoms with Gasteiger partial charge in [0.15, 0.2) is 5.13 Å². The summed E-state index contributed by atoms with van der Waals surface area (Å²) < 4.78 is 7.07. The summed E-state index contributed by atoms with van der Waals surface area (Å²) in [4.78, 5) is 25.5. The molecule has 0 saturated carbocycles. The van der Waals surface area contributed by atoms with Crippen LogP contribution in [0.15, 0.2) is 85.1 Å². The lowest BCUT2D eigenvalue weighted by molar-refractivity contribution is -0.119. The van der Waals surface area contributed by atoms with E-state index in [0.717, 1.165) is 32.6 Å². The van der Waals surface area contributed by atoms with Crippen LogP contribution < -0.4 is 9.64 Å². The number of carbonyl (C=O) groups is 1. The minimum atomic E-state index is -0.531. The second-order valence-electron chi connectivity index (χ2n) is 8.42. The molecule has 2 aromatic heterocycles. The standard InChI is InChI=1S/C28H20ClN3O2S/c1-17-14-18(29)15-24-26(17)31-28(35-24)32(16-19-8-6-7-13-30-19)27(33)25-20-9-2-4-11-22(20)34-23-12-5-3-10-21(23)25/h2-15,25H,16H2,1H3. The van der Waals surface area contributed by atoms with Gasteiger partial charge in [0, 0.05) is 22.3 Å². The van der Waals surface area contributed by atoms with Gasteiger partial charge in [0.05, 0.1) is 28.4 Å². The molecule has 3 heterocycles. The van der Waals surface area contributed by atoms with Gasteiger partial charge in [-0.2, -0.15) is 0 Å². The summed E-state index contributed by atoms with van der Waals surface area (Å²) in [6.07, 6.45) is 1.74. The van der Waals surface area contributed by atoms with E-state index in [2.05, 4.69) is 4.98 Å². The molecule has 0 saturated heterocycles. The molecule has 1 amide bonds. The predicted molar refractivity (Wildman–Crippen MR) is 140 cm³/mol. The number of anilines is 1. The first kappa shape index (κ1) is 21.8. The molecule has 0 aliphatic carbocycles. The second kappa shape index (κ2) is 8.80. The first-order valence-corrected chi connectivity index (χ1v) is 12.4. The van der Waals surface area contributed by atoms with Crippen LogP contribution in [-0.4, -0.2) is 15.9 Å². The molecule has 0 fully saturated rings. The molecule has 5 nitrogen and oxygen atoms in total. The van der Waals surface area contributed by atoms with Crippen LogP contribution in [0, 0.1) is 6.92 Å². The minimum absolute atomic E-state index is 0.0818. The molecule has 0 radical (unpaired) electrons. The number of aromatic nitrogens is 2. The van der Waals surface area contributed by atoms with Gasteiger partial charge in [0.25, 0.3) is 0 Å². The van der Waals surface area contributed by atoms with Crippen molar-refractivity contribution in [2.24, 2.45) is 0 Å². The fourth-order valence-electron chi connectivity index (χ4n) is 4.48. The van der Waals surface area contributed by atoms with Gasteiger partial charge in [-0.15, -0.1) is 0 Å². The average molecular weight is 498 g/mol. The van der Waals surface area contributed by atoms with Crippen LogP contribution in [0.25, 0.3) is 10.2 Å². The number of fused-ring (bicyclic) bond motifs is 3. The lowest BCUT2D eigenvalue weighted by atomic mass is 9.87. The van der Waals surface area contributed by atoms with Crippen LogP contribution in [-0.2, 0) is 11.3 Å².